The maximum atomic E-state index is 14.6. The summed E-state index contributed by atoms with van der Waals surface area (Å²) in [5, 5.41) is 1.47. The molecule has 4 aromatic rings. The lowest BCUT2D eigenvalue weighted by atomic mass is 9.92. The Kier molecular flexibility index (Phi) is 5.26. The van der Waals surface area contributed by atoms with Gasteiger partial charge in [-0.05, 0) is 42.3 Å². The van der Waals surface area contributed by atoms with Gasteiger partial charge in [0.25, 0.3) is 0 Å². The number of halogens is 3. The average molecular weight is 384 g/mol. The first kappa shape index (κ1) is 18.4. The number of rotatable bonds is 2. The zero-order valence-corrected chi connectivity index (χ0v) is 15.6. The Morgan fingerprint density at radius 2 is 1.58 bits per heavy atom. The van der Waals surface area contributed by atoms with Crippen LogP contribution in [0.25, 0.3) is 33.3 Å². The van der Waals surface area contributed by atoms with Gasteiger partial charge in [-0.15, -0.1) is 12.4 Å². The summed E-state index contributed by atoms with van der Waals surface area (Å²) in [6, 6.07) is 22.3. The molecule has 1 nitrogen and oxygen atoms in total. The van der Waals surface area contributed by atoms with Crippen LogP contribution in [0.5, 0.6) is 0 Å². The van der Waals surface area contributed by atoms with Crippen molar-refractivity contribution < 1.29 is 4.39 Å². The maximum absolute atomic E-state index is 14.6. The highest BCUT2D eigenvalue weighted by Gasteiger charge is 2.17. The molecule has 0 N–H and O–H groups in total. The Hall–Kier alpha value is -2.42. The summed E-state index contributed by atoms with van der Waals surface area (Å²) in [7, 11) is 0. The number of nitrogens with zero attached hydrogens (tertiary/aromatic N) is 1. The number of hydrogen-bond acceptors (Lipinski definition) is 1. The minimum absolute atomic E-state index is 0. The van der Waals surface area contributed by atoms with Crippen LogP contribution in [-0.4, -0.2) is 4.98 Å². The van der Waals surface area contributed by atoms with E-state index in [4.69, 9.17) is 16.6 Å². The molecular weight excluding hydrogens is 368 g/mol. The smallest absolute Gasteiger partial charge is 0.131 e. The van der Waals surface area contributed by atoms with Crippen molar-refractivity contribution in [2.45, 2.75) is 6.92 Å². The number of benzene rings is 3. The topological polar surface area (TPSA) is 12.9 Å². The van der Waals surface area contributed by atoms with Gasteiger partial charge in [0.05, 0.1) is 11.2 Å². The monoisotopic (exact) mass is 383 g/mol. The Morgan fingerprint density at radius 3 is 2.31 bits per heavy atom. The highest BCUT2D eigenvalue weighted by molar-refractivity contribution is 6.31. The second-order valence-corrected chi connectivity index (χ2v) is 6.40. The fourth-order valence-electron chi connectivity index (χ4n) is 3.22. The SMILES string of the molecule is Cc1c(-c2ccccc2)nc2ccc(Cl)cc2c1-c1ccccc1F.Cl. The van der Waals surface area contributed by atoms with Gasteiger partial charge in [-0.25, -0.2) is 9.37 Å². The zero-order valence-electron chi connectivity index (χ0n) is 14.0. The minimum atomic E-state index is -0.253. The van der Waals surface area contributed by atoms with E-state index in [1.54, 1.807) is 12.1 Å². The molecule has 1 aromatic heterocycles. The van der Waals surface area contributed by atoms with Gasteiger partial charge in [0.2, 0.25) is 0 Å². The Balaban J connectivity index is 0.00000196. The molecule has 1 heterocycles. The van der Waals surface area contributed by atoms with Crippen molar-refractivity contribution in [3.63, 3.8) is 0 Å². The molecule has 0 aliphatic heterocycles. The molecule has 0 aliphatic rings. The van der Waals surface area contributed by atoms with Gasteiger partial charge in [-0.3, -0.25) is 0 Å². The summed E-state index contributed by atoms with van der Waals surface area (Å²) < 4.78 is 14.6. The van der Waals surface area contributed by atoms with E-state index in [-0.39, 0.29) is 18.2 Å². The molecule has 4 heteroatoms. The van der Waals surface area contributed by atoms with Crippen LogP contribution in [0.1, 0.15) is 5.56 Å². The summed E-state index contributed by atoms with van der Waals surface area (Å²) in [4.78, 5) is 4.82. The lowest BCUT2D eigenvalue weighted by molar-refractivity contribution is 0.631. The second kappa shape index (κ2) is 7.45. The molecule has 0 amide bonds. The van der Waals surface area contributed by atoms with Crippen molar-refractivity contribution >= 4 is 34.9 Å². The van der Waals surface area contributed by atoms with Crippen LogP contribution in [-0.2, 0) is 0 Å². The molecule has 26 heavy (non-hydrogen) atoms. The van der Waals surface area contributed by atoms with Crippen molar-refractivity contribution in [3.05, 3.63) is 89.2 Å². The van der Waals surface area contributed by atoms with Gasteiger partial charge >= 0.3 is 0 Å². The van der Waals surface area contributed by atoms with Gasteiger partial charge in [-0.1, -0.05) is 60.1 Å². The van der Waals surface area contributed by atoms with E-state index in [1.165, 1.54) is 6.07 Å². The number of hydrogen-bond donors (Lipinski definition) is 0. The van der Waals surface area contributed by atoms with Gasteiger partial charge < -0.3 is 0 Å². The summed E-state index contributed by atoms with van der Waals surface area (Å²) in [6.07, 6.45) is 0. The molecule has 4 rings (SSSR count). The molecule has 0 spiro atoms. The van der Waals surface area contributed by atoms with Crippen LogP contribution in [0.15, 0.2) is 72.8 Å². The van der Waals surface area contributed by atoms with Crippen molar-refractivity contribution in [2.24, 2.45) is 0 Å². The molecule has 0 bridgehead atoms. The van der Waals surface area contributed by atoms with E-state index in [2.05, 4.69) is 0 Å². The molecule has 0 aliphatic carbocycles. The molecule has 130 valence electrons. The van der Waals surface area contributed by atoms with Gasteiger partial charge in [0, 0.05) is 21.5 Å². The fourth-order valence-corrected chi connectivity index (χ4v) is 3.39. The van der Waals surface area contributed by atoms with Crippen LogP contribution < -0.4 is 0 Å². The van der Waals surface area contributed by atoms with Crippen molar-refractivity contribution in [1.29, 1.82) is 0 Å². The van der Waals surface area contributed by atoms with Crippen molar-refractivity contribution in [1.82, 2.24) is 4.98 Å². The summed E-state index contributed by atoms with van der Waals surface area (Å²) in [5.74, 6) is -0.253. The van der Waals surface area contributed by atoms with E-state index in [0.29, 0.717) is 10.6 Å². The highest BCUT2D eigenvalue weighted by atomic mass is 35.5. The van der Waals surface area contributed by atoms with Gasteiger partial charge in [0.15, 0.2) is 0 Å². The number of pyridine rings is 1. The minimum Gasteiger partial charge on any atom is -0.247 e. The zero-order chi connectivity index (χ0) is 17.4. The third kappa shape index (κ3) is 3.18. The molecule has 0 fully saturated rings. The standard InChI is InChI=1S/C22H15ClFN.ClH/c1-14-21(17-9-5-6-10-19(17)24)18-13-16(23)11-12-20(18)25-22(14)15-7-3-2-4-8-15;/h2-13H,1H3;1H. The molecule has 0 radical (unpaired) electrons. The normalized spacial score (nSPS) is 10.6. The lowest BCUT2D eigenvalue weighted by Crippen LogP contribution is -1.97. The summed E-state index contributed by atoms with van der Waals surface area (Å²) in [5.41, 5.74) is 5.00. The van der Waals surface area contributed by atoms with E-state index >= 15 is 0 Å². The average Bonchev–Trinajstić information content (AvgIpc) is 2.63. The molecular formula is C22H16Cl2FN. The van der Waals surface area contributed by atoms with Crippen molar-refractivity contribution in [2.75, 3.05) is 0 Å². The first-order valence-electron chi connectivity index (χ1n) is 8.05. The highest BCUT2D eigenvalue weighted by Crippen LogP contribution is 2.38. The molecule has 3 aromatic carbocycles. The fraction of sp³-hybridized carbons (Fsp3) is 0.0455. The molecule has 0 unspecified atom stereocenters. The first-order valence-corrected chi connectivity index (χ1v) is 8.43. The van der Waals surface area contributed by atoms with Gasteiger partial charge in [0.1, 0.15) is 5.82 Å². The Morgan fingerprint density at radius 1 is 0.885 bits per heavy atom. The van der Waals surface area contributed by atoms with Crippen molar-refractivity contribution in [3.8, 4) is 22.4 Å². The van der Waals surface area contributed by atoms with Crippen LogP contribution in [0.3, 0.4) is 0 Å². The van der Waals surface area contributed by atoms with Crippen LogP contribution in [0, 0.1) is 12.7 Å². The molecule has 0 saturated heterocycles. The third-order valence-electron chi connectivity index (χ3n) is 4.38. The number of aromatic nitrogens is 1. The van der Waals surface area contributed by atoms with Gasteiger partial charge in [-0.2, -0.15) is 0 Å². The molecule has 0 atom stereocenters. The van der Waals surface area contributed by atoms with Crippen LogP contribution >= 0.6 is 24.0 Å². The maximum Gasteiger partial charge on any atom is 0.131 e. The predicted molar refractivity (Wildman–Crippen MR) is 110 cm³/mol. The van der Waals surface area contributed by atoms with E-state index in [0.717, 1.165) is 33.3 Å². The van der Waals surface area contributed by atoms with E-state index < -0.39 is 0 Å². The summed E-state index contributed by atoms with van der Waals surface area (Å²) in [6.45, 7) is 1.98. The molecule has 0 saturated carbocycles. The second-order valence-electron chi connectivity index (χ2n) is 5.97. The third-order valence-corrected chi connectivity index (χ3v) is 4.62. The quantitative estimate of drug-likeness (QED) is 0.359. The summed E-state index contributed by atoms with van der Waals surface area (Å²) >= 11 is 6.21. The largest absolute Gasteiger partial charge is 0.247 e. The first-order chi connectivity index (χ1) is 12.1. The predicted octanol–water partition coefficient (Wildman–Crippen LogP) is 7.09. The number of fused-ring (bicyclic) bond motifs is 1. The Labute approximate surface area is 162 Å². The Bertz CT molecular complexity index is 1080. The van der Waals surface area contributed by atoms with Crippen LogP contribution in [0.4, 0.5) is 4.39 Å². The van der Waals surface area contributed by atoms with E-state index in [9.17, 15) is 4.39 Å². The van der Waals surface area contributed by atoms with Crippen LogP contribution in [0.2, 0.25) is 5.02 Å². The lowest BCUT2D eigenvalue weighted by Gasteiger charge is -2.16. The van der Waals surface area contributed by atoms with E-state index in [1.807, 2.05) is 61.5 Å².